The molecule has 0 saturated carbocycles. The highest BCUT2D eigenvalue weighted by molar-refractivity contribution is 7.98. The predicted octanol–water partition coefficient (Wildman–Crippen LogP) is 3.09. The van der Waals surface area contributed by atoms with Gasteiger partial charge in [-0.2, -0.15) is 5.26 Å². The molecule has 0 aliphatic heterocycles. The van der Waals surface area contributed by atoms with E-state index in [1.54, 1.807) is 23.7 Å². The highest BCUT2D eigenvalue weighted by atomic mass is 32.2. The van der Waals surface area contributed by atoms with Gasteiger partial charge in [-0.25, -0.2) is 0 Å². The molecule has 0 N–H and O–H groups in total. The van der Waals surface area contributed by atoms with Gasteiger partial charge in [-0.1, -0.05) is 6.07 Å². The molecule has 18 heavy (non-hydrogen) atoms. The summed E-state index contributed by atoms with van der Waals surface area (Å²) in [6.45, 7) is 3.81. The van der Waals surface area contributed by atoms with E-state index < -0.39 is 0 Å². The van der Waals surface area contributed by atoms with E-state index in [1.807, 2.05) is 38.3 Å². The van der Waals surface area contributed by atoms with Gasteiger partial charge in [0.1, 0.15) is 0 Å². The second kappa shape index (κ2) is 6.46. The van der Waals surface area contributed by atoms with E-state index in [1.165, 1.54) is 0 Å². The molecule has 0 saturated heterocycles. The zero-order chi connectivity index (χ0) is 13.7. The quantitative estimate of drug-likeness (QED) is 0.783. The van der Waals surface area contributed by atoms with Crippen molar-refractivity contribution in [2.45, 2.75) is 31.2 Å². The molecule has 1 atom stereocenters. The van der Waals surface area contributed by atoms with Gasteiger partial charge in [0.25, 0.3) is 5.91 Å². The number of thioether (sulfide) groups is 1. The van der Waals surface area contributed by atoms with Crippen LogP contribution in [0.1, 0.15) is 29.3 Å². The van der Waals surface area contributed by atoms with Gasteiger partial charge in [-0.15, -0.1) is 11.8 Å². The van der Waals surface area contributed by atoms with E-state index in [-0.39, 0.29) is 11.9 Å². The Morgan fingerprint density at radius 1 is 1.56 bits per heavy atom. The van der Waals surface area contributed by atoms with Gasteiger partial charge in [-0.05, 0) is 37.8 Å². The molecule has 4 heteroatoms. The maximum absolute atomic E-state index is 12.4. The van der Waals surface area contributed by atoms with Crippen LogP contribution in [0.3, 0.4) is 0 Å². The van der Waals surface area contributed by atoms with Crippen molar-refractivity contribution in [1.29, 1.82) is 5.26 Å². The first kappa shape index (κ1) is 14.6. The second-order valence-corrected chi connectivity index (χ2v) is 5.19. The van der Waals surface area contributed by atoms with Crippen LogP contribution in [0.4, 0.5) is 0 Å². The molecule has 0 heterocycles. The van der Waals surface area contributed by atoms with Gasteiger partial charge < -0.3 is 4.90 Å². The lowest BCUT2D eigenvalue weighted by molar-refractivity contribution is 0.0745. The van der Waals surface area contributed by atoms with Crippen LogP contribution < -0.4 is 0 Å². The fourth-order valence-corrected chi connectivity index (χ4v) is 2.06. The lowest BCUT2D eigenvalue weighted by Gasteiger charge is -2.24. The van der Waals surface area contributed by atoms with Crippen molar-refractivity contribution >= 4 is 17.7 Å². The Bertz CT molecular complexity index is 479. The molecule has 1 amide bonds. The van der Waals surface area contributed by atoms with Crippen LogP contribution in [0, 0.1) is 18.3 Å². The van der Waals surface area contributed by atoms with E-state index in [0.717, 1.165) is 10.5 Å². The molecule has 3 nitrogen and oxygen atoms in total. The molecule has 0 radical (unpaired) electrons. The van der Waals surface area contributed by atoms with Crippen LogP contribution in [0.25, 0.3) is 0 Å². The van der Waals surface area contributed by atoms with Gasteiger partial charge in [-0.3, -0.25) is 4.79 Å². The van der Waals surface area contributed by atoms with Gasteiger partial charge in [0.05, 0.1) is 12.5 Å². The van der Waals surface area contributed by atoms with Crippen molar-refractivity contribution in [2.75, 3.05) is 13.3 Å². The number of carbonyl (C=O) groups is 1. The van der Waals surface area contributed by atoms with Crippen LogP contribution in [0.2, 0.25) is 0 Å². The molecule has 1 aromatic rings. The van der Waals surface area contributed by atoms with Gasteiger partial charge in [0.2, 0.25) is 0 Å². The molecule has 1 aromatic carbocycles. The number of hydrogen-bond acceptors (Lipinski definition) is 3. The molecule has 0 fully saturated rings. The minimum absolute atomic E-state index is 0.0221. The summed E-state index contributed by atoms with van der Waals surface area (Å²) in [5.41, 5.74) is 1.68. The fraction of sp³-hybridized carbons (Fsp3) is 0.429. The topological polar surface area (TPSA) is 44.1 Å². The Hall–Kier alpha value is -1.47. The zero-order valence-electron chi connectivity index (χ0n) is 11.2. The predicted molar refractivity (Wildman–Crippen MR) is 74.7 cm³/mol. The van der Waals surface area contributed by atoms with Crippen molar-refractivity contribution in [3.05, 3.63) is 29.3 Å². The number of hydrogen-bond donors (Lipinski definition) is 0. The van der Waals surface area contributed by atoms with Crippen LogP contribution in [-0.4, -0.2) is 30.2 Å². The number of benzene rings is 1. The van der Waals surface area contributed by atoms with Crippen LogP contribution in [0.15, 0.2) is 23.1 Å². The third-order valence-corrected chi connectivity index (χ3v) is 3.77. The molecule has 0 spiro atoms. The van der Waals surface area contributed by atoms with Crippen molar-refractivity contribution < 1.29 is 4.79 Å². The van der Waals surface area contributed by atoms with Crippen molar-refractivity contribution in [2.24, 2.45) is 0 Å². The summed E-state index contributed by atoms with van der Waals surface area (Å²) in [5, 5.41) is 8.68. The molecule has 0 bridgehead atoms. The minimum Gasteiger partial charge on any atom is -0.338 e. The standard InChI is InChI=1S/C14H18N2OS/c1-10-5-6-12(18-4)9-13(10)14(17)16(3)11(2)7-8-15/h5-6,9,11H,7H2,1-4H3. The molecule has 1 rings (SSSR count). The minimum atomic E-state index is -0.0696. The van der Waals surface area contributed by atoms with Crippen molar-refractivity contribution in [3.63, 3.8) is 0 Å². The Morgan fingerprint density at radius 2 is 2.22 bits per heavy atom. The number of amides is 1. The summed E-state index contributed by atoms with van der Waals surface area (Å²) >= 11 is 1.62. The van der Waals surface area contributed by atoms with E-state index in [2.05, 4.69) is 6.07 Å². The molecule has 1 unspecified atom stereocenters. The number of aryl methyl sites for hydroxylation is 1. The lowest BCUT2D eigenvalue weighted by atomic mass is 10.1. The highest BCUT2D eigenvalue weighted by Gasteiger charge is 2.19. The van der Waals surface area contributed by atoms with Crippen LogP contribution in [0.5, 0.6) is 0 Å². The molecular formula is C14H18N2OS. The van der Waals surface area contributed by atoms with Gasteiger partial charge in [0, 0.05) is 23.5 Å². The molecule has 0 aromatic heterocycles. The average Bonchev–Trinajstić information content (AvgIpc) is 2.38. The molecule has 96 valence electrons. The average molecular weight is 262 g/mol. The van der Waals surface area contributed by atoms with Gasteiger partial charge >= 0.3 is 0 Å². The SMILES string of the molecule is CSc1ccc(C)c(C(=O)N(C)C(C)CC#N)c1. The van der Waals surface area contributed by atoms with Crippen LogP contribution >= 0.6 is 11.8 Å². The second-order valence-electron chi connectivity index (χ2n) is 4.31. The lowest BCUT2D eigenvalue weighted by Crippen LogP contribution is -2.35. The maximum Gasteiger partial charge on any atom is 0.254 e. The molecular weight excluding hydrogens is 244 g/mol. The third kappa shape index (κ3) is 3.27. The van der Waals surface area contributed by atoms with E-state index >= 15 is 0 Å². The van der Waals surface area contributed by atoms with Crippen LogP contribution in [-0.2, 0) is 0 Å². The first-order valence-electron chi connectivity index (χ1n) is 5.80. The van der Waals surface area contributed by atoms with Crippen molar-refractivity contribution in [1.82, 2.24) is 4.90 Å². The van der Waals surface area contributed by atoms with E-state index in [0.29, 0.717) is 12.0 Å². The van der Waals surface area contributed by atoms with Crippen molar-refractivity contribution in [3.8, 4) is 6.07 Å². The fourth-order valence-electron chi connectivity index (χ4n) is 1.62. The Morgan fingerprint density at radius 3 is 2.78 bits per heavy atom. The number of rotatable bonds is 4. The van der Waals surface area contributed by atoms with Gasteiger partial charge in [0.15, 0.2) is 0 Å². The van der Waals surface area contributed by atoms with E-state index in [9.17, 15) is 4.79 Å². The largest absolute Gasteiger partial charge is 0.338 e. The summed E-state index contributed by atoms with van der Waals surface area (Å²) in [4.78, 5) is 15.1. The summed E-state index contributed by atoms with van der Waals surface area (Å²) in [5.74, 6) is -0.0221. The third-order valence-electron chi connectivity index (χ3n) is 3.04. The molecule has 0 aliphatic carbocycles. The smallest absolute Gasteiger partial charge is 0.254 e. The Labute approximate surface area is 113 Å². The summed E-state index contributed by atoms with van der Waals surface area (Å²) in [7, 11) is 1.75. The maximum atomic E-state index is 12.4. The Balaban J connectivity index is 3.00. The summed E-state index contributed by atoms with van der Waals surface area (Å²) in [6.07, 6.45) is 2.34. The number of nitriles is 1. The summed E-state index contributed by atoms with van der Waals surface area (Å²) < 4.78 is 0. The number of carbonyl (C=O) groups excluding carboxylic acids is 1. The van der Waals surface area contributed by atoms with E-state index in [4.69, 9.17) is 5.26 Å². The first-order chi connectivity index (χ1) is 8.51. The summed E-state index contributed by atoms with van der Waals surface area (Å²) in [6, 6.07) is 7.91. The number of nitrogens with zero attached hydrogens (tertiary/aromatic N) is 2. The zero-order valence-corrected chi connectivity index (χ0v) is 12.0. The highest BCUT2D eigenvalue weighted by Crippen LogP contribution is 2.20. The normalized spacial score (nSPS) is 11.7. The molecule has 0 aliphatic rings. The Kier molecular flexibility index (Phi) is 5.24. The monoisotopic (exact) mass is 262 g/mol. The first-order valence-corrected chi connectivity index (χ1v) is 7.02.